The summed E-state index contributed by atoms with van der Waals surface area (Å²) < 4.78 is 0. The molecule has 6 aromatic rings. The van der Waals surface area contributed by atoms with Gasteiger partial charge in [-0.3, -0.25) is 38.4 Å². The van der Waals surface area contributed by atoms with E-state index >= 15 is 0 Å². The largest absolute Gasteiger partial charge is 1.00 e. The van der Waals surface area contributed by atoms with Crippen molar-refractivity contribution in [3.8, 4) is 0 Å². The number of quaternary nitrogens is 1. The Kier molecular flexibility index (Phi) is 42.9. The number of hydrogen-bond donors (Lipinski definition) is 3. The molecule has 0 aromatic heterocycles. The van der Waals surface area contributed by atoms with Gasteiger partial charge in [0.25, 0.3) is 17.7 Å². The number of carbonyl (C=O) groups is 8. The average molecular weight is 1600 g/mol. The summed E-state index contributed by atoms with van der Waals surface area (Å²) >= 11 is 16.7. The van der Waals surface area contributed by atoms with Crippen LogP contribution in [0.25, 0.3) is 0 Å². The molecule has 0 unspecified atom stereocenters. The molecule has 0 saturated heterocycles. The molecule has 0 aliphatic carbocycles. The summed E-state index contributed by atoms with van der Waals surface area (Å²) in [7, 11) is 0. The average Bonchev–Trinajstić information content (AvgIpc) is 0.716. The van der Waals surface area contributed by atoms with E-state index in [0.717, 1.165) is 85.7 Å². The van der Waals surface area contributed by atoms with Crippen molar-refractivity contribution < 1.29 is 70.2 Å². The first-order valence-electron chi connectivity index (χ1n) is 39.9. The maximum absolute atomic E-state index is 13.4. The molecule has 0 radical (unpaired) electrons. The molecular formula is C87H123Cl3N6O11P2. The summed E-state index contributed by atoms with van der Waals surface area (Å²) in [5, 5.41) is 16.0. The smallest absolute Gasteiger partial charge is 0.329 e. The van der Waals surface area contributed by atoms with Gasteiger partial charge in [0.2, 0.25) is 11.8 Å². The molecule has 0 atom stereocenters. The zero-order valence-corrected chi connectivity index (χ0v) is 69.3. The van der Waals surface area contributed by atoms with Gasteiger partial charge in [0.15, 0.2) is 0 Å². The number of carbonyl (C=O) groups excluding carboxylic acids is 8. The number of nitrogens with zero attached hydrogens (tertiary/aromatic N) is 3. The number of nitrogens with one attached hydrogen (secondary N) is 3. The van der Waals surface area contributed by atoms with Crippen molar-refractivity contribution in [3.63, 3.8) is 0 Å². The van der Waals surface area contributed by atoms with Crippen LogP contribution >= 0.6 is 34.4 Å². The molecule has 0 spiro atoms. The first-order chi connectivity index (χ1) is 52.3. The van der Waals surface area contributed by atoms with E-state index < -0.39 is 41.6 Å². The predicted octanol–water partition coefficient (Wildman–Crippen LogP) is 11.7. The normalized spacial score (nSPS) is 12.3. The molecule has 6 rings (SSSR count). The van der Waals surface area contributed by atoms with E-state index in [2.05, 4.69) is 193 Å². The molecule has 17 nitrogen and oxygen atoms in total. The summed E-state index contributed by atoms with van der Waals surface area (Å²) in [4.78, 5) is 116. The summed E-state index contributed by atoms with van der Waals surface area (Å²) in [6.45, 7) is 9.52. The minimum Gasteiger partial charge on any atom is -1.00 e. The van der Waals surface area contributed by atoms with Crippen LogP contribution in [0.4, 0.5) is 0 Å². The minimum absolute atomic E-state index is 0. The molecule has 0 aliphatic rings. The summed E-state index contributed by atoms with van der Waals surface area (Å²) in [5.41, 5.74) is 0. The maximum atomic E-state index is 13.4. The van der Waals surface area contributed by atoms with E-state index in [1.807, 2.05) is 0 Å². The molecule has 0 fully saturated rings. The molecule has 5 amide bonds. The molecule has 0 bridgehead atoms. The van der Waals surface area contributed by atoms with Crippen LogP contribution in [-0.2, 0) is 52.9 Å². The molecule has 3 N–H and O–H groups in total. The first-order valence-corrected chi connectivity index (χ1v) is 46.5. The van der Waals surface area contributed by atoms with Crippen molar-refractivity contribution in [3.05, 3.63) is 182 Å². The molecule has 22 heteroatoms. The quantitative estimate of drug-likeness (QED) is 0.0186. The van der Waals surface area contributed by atoms with Gasteiger partial charge in [-0.2, -0.15) is 15.2 Å². The van der Waals surface area contributed by atoms with Gasteiger partial charge in [0.05, 0.1) is 19.6 Å². The van der Waals surface area contributed by atoms with Gasteiger partial charge in [0.1, 0.15) is 0 Å². The second-order valence-corrected chi connectivity index (χ2v) is 41.9. The Hall–Kier alpha value is -7.23. The van der Waals surface area contributed by atoms with Crippen molar-refractivity contribution in [1.82, 2.24) is 25.8 Å². The molecule has 109 heavy (non-hydrogen) atoms. The standard InChI is InChI=1S/C87H122Cl2N6O11P2.ClH/c1-74(96)93(104-75(2)97)69-43-23-38-64-90-84(100)60-62-86(102)94(105-76(3)98)70-44-24-39-65-91-85(101)61-63-87(103)95(106-77(4)99)71-45-25-42-68-92(66-40-13-9-5-7-11-15-46-72-107(88,78-48-26-17-27-49-78,79-50-28-18-29-51-79)80-52-30-19-31-53-80)67-41-14-10-6-8-12-16-47-73-108(89,81-54-32-20-33-55-81,82-56-34-21-35-57-82)83-58-36-22-37-59-83;/h17-22,26-37,48-59H,5-16,23-25,38-47,60-73H2,1-4H3,(H,90,100)(H,91,101);1H. The van der Waals surface area contributed by atoms with Crippen LogP contribution in [0.15, 0.2) is 182 Å². The third-order valence-electron chi connectivity index (χ3n) is 20.4. The van der Waals surface area contributed by atoms with Crippen LogP contribution < -0.4 is 59.8 Å². The number of halogens is 3. The minimum atomic E-state index is -3.27. The van der Waals surface area contributed by atoms with Crippen molar-refractivity contribution >= 4 is 114 Å². The van der Waals surface area contributed by atoms with E-state index in [4.69, 9.17) is 37.0 Å². The number of hydroxylamine groups is 6. The van der Waals surface area contributed by atoms with E-state index in [-0.39, 0.29) is 75.4 Å². The van der Waals surface area contributed by atoms with Gasteiger partial charge in [-0.1, -0.05) is 0 Å². The van der Waals surface area contributed by atoms with Gasteiger partial charge in [-0.05, 0) is 57.8 Å². The summed E-state index contributed by atoms with van der Waals surface area (Å²) in [6.07, 6.45) is 26.1. The van der Waals surface area contributed by atoms with Crippen molar-refractivity contribution in [2.75, 3.05) is 64.7 Å². The number of amides is 5. The van der Waals surface area contributed by atoms with Crippen molar-refractivity contribution in [2.45, 2.75) is 214 Å². The predicted molar refractivity (Wildman–Crippen MR) is 443 cm³/mol. The summed E-state index contributed by atoms with van der Waals surface area (Å²) in [6, 6.07) is 64.7. The van der Waals surface area contributed by atoms with Gasteiger partial charge < -0.3 is 37.6 Å². The van der Waals surface area contributed by atoms with Crippen LogP contribution in [0.2, 0.25) is 0 Å². The Morgan fingerprint density at radius 3 is 0.807 bits per heavy atom. The van der Waals surface area contributed by atoms with Gasteiger partial charge >= 0.3 is 406 Å². The van der Waals surface area contributed by atoms with Crippen LogP contribution in [0.3, 0.4) is 0 Å². The van der Waals surface area contributed by atoms with Crippen LogP contribution in [0, 0.1) is 0 Å². The third-order valence-corrected chi connectivity index (χ3v) is 35.4. The van der Waals surface area contributed by atoms with E-state index in [0.29, 0.717) is 58.0 Å². The Bertz CT molecular complexity index is 3280. The zero-order chi connectivity index (χ0) is 77.6. The molecule has 0 saturated carbocycles. The molecule has 0 aliphatic heterocycles. The van der Waals surface area contributed by atoms with E-state index in [1.165, 1.54) is 137 Å². The van der Waals surface area contributed by atoms with Gasteiger partial charge in [0, 0.05) is 66.5 Å². The molecular weight excluding hydrogens is 1470 g/mol. The topological polar surface area (TPSA) is 202 Å². The molecule has 598 valence electrons. The van der Waals surface area contributed by atoms with E-state index in [1.54, 1.807) is 4.90 Å². The van der Waals surface area contributed by atoms with Crippen LogP contribution in [-0.4, -0.2) is 127 Å². The second-order valence-electron chi connectivity index (χ2n) is 28.7. The fraction of sp³-hybridized carbons (Fsp3) is 0.494. The third kappa shape index (κ3) is 30.8. The zero-order valence-electron chi connectivity index (χ0n) is 65.3. The fourth-order valence-electron chi connectivity index (χ4n) is 14.6. The summed E-state index contributed by atoms with van der Waals surface area (Å²) in [5.74, 6) is -10.4. The molecule has 6 aromatic carbocycles. The Balaban J connectivity index is 0.0000213. The Morgan fingerprint density at radius 2 is 0.541 bits per heavy atom. The SMILES string of the molecule is CC(=O)ON(CCCCCNC(=O)CCC(=O)N(CCCCCNC(=O)CCC(=O)N(CCCCC[NH+](CCCCCCCCCCP(Cl)(c1ccccc1)(c1ccccc1)c1ccccc1)CCCCCCCCCCP(Cl)(c1ccccc1)(c1ccccc1)c1ccccc1)OC(C)=O)OC(C)=O)C(C)=O.[Cl-]. The fourth-order valence-corrected chi connectivity index (χ4v) is 27.1. The van der Waals surface area contributed by atoms with Crippen LogP contribution in [0.1, 0.15) is 214 Å². The Morgan fingerprint density at radius 1 is 0.312 bits per heavy atom. The molecule has 0 heterocycles. The van der Waals surface area contributed by atoms with E-state index in [9.17, 15) is 38.4 Å². The first kappa shape index (κ1) is 92.4. The number of hydrogen-bond acceptors (Lipinski definition) is 11. The van der Waals surface area contributed by atoms with Gasteiger partial charge in [-0.15, -0.1) is 0 Å². The number of rotatable bonds is 52. The second kappa shape index (κ2) is 50.6. The number of unbranched alkanes of at least 4 members (excludes halogenated alkanes) is 20. The monoisotopic (exact) mass is 1590 g/mol. The number of benzene rings is 6. The Labute approximate surface area is 666 Å². The van der Waals surface area contributed by atoms with Crippen LogP contribution in [0.5, 0.6) is 0 Å². The van der Waals surface area contributed by atoms with Crippen molar-refractivity contribution in [1.29, 1.82) is 0 Å². The van der Waals surface area contributed by atoms with Gasteiger partial charge in [-0.25, -0.2) is 0 Å². The van der Waals surface area contributed by atoms with Crippen molar-refractivity contribution in [2.24, 2.45) is 0 Å². The maximum Gasteiger partial charge on any atom is 0.329 e.